The molecule has 1 aliphatic carbocycles. The molecule has 0 bridgehead atoms. The van der Waals surface area contributed by atoms with Crippen molar-refractivity contribution in [3.05, 3.63) is 0 Å². The lowest BCUT2D eigenvalue weighted by Gasteiger charge is -2.39. The minimum Gasteiger partial charge on any atom is -0.369 e. The molecule has 1 fully saturated rings. The first kappa shape index (κ1) is 13.5. The summed E-state index contributed by atoms with van der Waals surface area (Å²) >= 11 is 0. The molecule has 0 aromatic heterocycles. The molecular formula is C13H25NO2. The molecule has 3 heteroatoms. The fraction of sp³-hybridized carbons (Fsp3) is 0.923. The Bertz CT molecular complexity index is 236. The number of hydrogen-bond donors (Lipinski definition) is 1. The lowest BCUT2D eigenvalue weighted by atomic mass is 9.73. The van der Waals surface area contributed by atoms with Gasteiger partial charge in [0.15, 0.2) is 0 Å². The maximum atomic E-state index is 11.7. The third-order valence-corrected chi connectivity index (χ3v) is 3.39. The zero-order chi connectivity index (χ0) is 12.2. The van der Waals surface area contributed by atoms with Crippen LogP contribution in [0.1, 0.15) is 53.4 Å². The smallest absolute Gasteiger partial charge is 0.246 e. The zero-order valence-electron chi connectivity index (χ0n) is 11.0. The highest BCUT2D eigenvalue weighted by Gasteiger charge is 2.32. The molecule has 1 rings (SSSR count). The summed E-state index contributed by atoms with van der Waals surface area (Å²) in [5.41, 5.74) is 0.228. The highest BCUT2D eigenvalue weighted by atomic mass is 16.5. The van der Waals surface area contributed by atoms with Gasteiger partial charge in [0, 0.05) is 6.04 Å². The Hall–Kier alpha value is -0.570. The van der Waals surface area contributed by atoms with Crippen LogP contribution in [0.2, 0.25) is 0 Å². The molecule has 94 valence electrons. The number of nitrogens with one attached hydrogen (secondary N) is 1. The van der Waals surface area contributed by atoms with Crippen molar-refractivity contribution in [2.75, 3.05) is 6.61 Å². The fourth-order valence-corrected chi connectivity index (χ4v) is 2.24. The van der Waals surface area contributed by atoms with Crippen LogP contribution in [0, 0.1) is 5.41 Å². The topological polar surface area (TPSA) is 38.3 Å². The molecule has 0 radical (unpaired) electrons. The van der Waals surface area contributed by atoms with Crippen molar-refractivity contribution in [2.45, 2.75) is 65.5 Å². The standard InChI is InChI=1S/C13H25NO2/c1-10(2)16-9-12(15)14-11-7-5-6-8-13(11,3)4/h10-11H,5-9H2,1-4H3,(H,14,15). The third kappa shape index (κ3) is 4.12. The van der Waals surface area contributed by atoms with Gasteiger partial charge in [-0.1, -0.05) is 26.7 Å². The predicted molar refractivity (Wildman–Crippen MR) is 65.3 cm³/mol. The van der Waals surface area contributed by atoms with Crippen LogP contribution in [-0.4, -0.2) is 24.7 Å². The molecule has 1 N–H and O–H groups in total. The van der Waals surface area contributed by atoms with Gasteiger partial charge in [0.2, 0.25) is 5.91 Å². The monoisotopic (exact) mass is 227 g/mol. The Balaban J connectivity index is 2.37. The second kappa shape index (κ2) is 5.67. The Labute approximate surface area is 98.9 Å². The first-order valence-electron chi connectivity index (χ1n) is 6.33. The molecule has 16 heavy (non-hydrogen) atoms. The van der Waals surface area contributed by atoms with Crippen LogP contribution in [0.15, 0.2) is 0 Å². The molecule has 1 unspecified atom stereocenters. The van der Waals surface area contributed by atoms with E-state index in [2.05, 4.69) is 19.2 Å². The Kier molecular flexibility index (Phi) is 4.78. The lowest BCUT2D eigenvalue weighted by Crippen LogP contribution is -2.48. The first-order valence-corrected chi connectivity index (χ1v) is 6.33. The fourth-order valence-electron chi connectivity index (χ4n) is 2.24. The van der Waals surface area contributed by atoms with Crippen molar-refractivity contribution in [3.63, 3.8) is 0 Å². The van der Waals surface area contributed by atoms with Gasteiger partial charge in [-0.3, -0.25) is 4.79 Å². The van der Waals surface area contributed by atoms with Gasteiger partial charge in [0.25, 0.3) is 0 Å². The Morgan fingerprint density at radius 1 is 1.44 bits per heavy atom. The molecule has 1 aliphatic rings. The zero-order valence-corrected chi connectivity index (χ0v) is 11.0. The van der Waals surface area contributed by atoms with Crippen LogP contribution in [0.4, 0.5) is 0 Å². The van der Waals surface area contributed by atoms with Crippen molar-refractivity contribution in [3.8, 4) is 0 Å². The van der Waals surface area contributed by atoms with E-state index in [1.807, 2.05) is 13.8 Å². The molecule has 0 aromatic rings. The molecule has 1 atom stereocenters. The van der Waals surface area contributed by atoms with Gasteiger partial charge in [-0.25, -0.2) is 0 Å². The van der Waals surface area contributed by atoms with E-state index in [-0.39, 0.29) is 24.0 Å². The molecule has 3 nitrogen and oxygen atoms in total. The number of carbonyl (C=O) groups excluding carboxylic acids is 1. The minimum atomic E-state index is 0.0219. The maximum Gasteiger partial charge on any atom is 0.246 e. The summed E-state index contributed by atoms with van der Waals surface area (Å²) in [5.74, 6) is 0.0219. The summed E-state index contributed by atoms with van der Waals surface area (Å²) in [6.45, 7) is 8.54. The highest BCUT2D eigenvalue weighted by Crippen LogP contribution is 2.35. The molecule has 1 amide bonds. The van der Waals surface area contributed by atoms with E-state index in [1.54, 1.807) is 0 Å². The van der Waals surface area contributed by atoms with E-state index in [0.717, 1.165) is 6.42 Å². The predicted octanol–water partition coefficient (Wildman–Crippen LogP) is 2.50. The molecule has 0 aliphatic heterocycles. The minimum absolute atomic E-state index is 0.0219. The van der Waals surface area contributed by atoms with E-state index in [1.165, 1.54) is 19.3 Å². The molecule has 0 aromatic carbocycles. The SMILES string of the molecule is CC(C)OCC(=O)NC1CCCCC1(C)C. The highest BCUT2D eigenvalue weighted by molar-refractivity contribution is 5.77. The summed E-state index contributed by atoms with van der Waals surface area (Å²) in [6, 6.07) is 0.310. The van der Waals surface area contributed by atoms with Crippen LogP contribution in [0.5, 0.6) is 0 Å². The van der Waals surface area contributed by atoms with Gasteiger partial charge in [0.1, 0.15) is 6.61 Å². The van der Waals surface area contributed by atoms with Gasteiger partial charge >= 0.3 is 0 Å². The van der Waals surface area contributed by atoms with E-state index < -0.39 is 0 Å². The van der Waals surface area contributed by atoms with Crippen molar-refractivity contribution < 1.29 is 9.53 Å². The summed E-state index contributed by atoms with van der Waals surface area (Å²) in [4.78, 5) is 11.7. The molecule has 0 heterocycles. The van der Waals surface area contributed by atoms with Crippen molar-refractivity contribution in [2.24, 2.45) is 5.41 Å². The first-order chi connectivity index (χ1) is 7.42. The van der Waals surface area contributed by atoms with Crippen molar-refractivity contribution in [1.82, 2.24) is 5.32 Å². The van der Waals surface area contributed by atoms with Crippen LogP contribution in [-0.2, 0) is 9.53 Å². The number of ether oxygens (including phenoxy) is 1. The average molecular weight is 227 g/mol. The third-order valence-electron chi connectivity index (χ3n) is 3.39. The van der Waals surface area contributed by atoms with Crippen molar-refractivity contribution >= 4 is 5.91 Å². The summed E-state index contributed by atoms with van der Waals surface area (Å²) in [6.07, 6.45) is 4.91. The number of rotatable bonds is 4. The number of hydrogen-bond acceptors (Lipinski definition) is 2. The maximum absolute atomic E-state index is 11.7. The van der Waals surface area contributed by atoms with Crippen LogP contribution >= 0.6 is 0 Å². The molecule has 1 saturated carbocycles. The Morgan fingerprint density at radius 2 is 2.12 bits per heavy atom. The molecule has 0 saturated heterocycles. The average Bonchev–Trinajstić information content (AvgIpc) is 2.18. The summed E-state index contributed by atoms with van der Waals surface area (Å²) in [7, 11) is 0. The Morgan fingerprint density at radius 3 is 2.69 bits per heavy atom. The normalized spacial score (nSPS) is 24.4. The quantitative estimate of drug-likeness (QED) is 0.801. The van der Waals surface area contributed by atoms with Crippen LogP contribution in [0.3, 0.4) is 0 Å². The second-order valence-electron chi connectivity index (χ2n) is 5.71. The van der Waals surface area contributed by atoms with Gasteiger partial charge in [-0.05, 0) is 32.1 Å². The van der Waals surface area contributed by atoms with Crippen molar-refractivity contribution in [1.29, 1.82) is 0 Å². The van der Waals surface area contributed by atoms with Crippen LogP contribution in [0.25, 0.3) is 0 Å². The van der Waals surface area contributed by atoms with Gasteiger partial charge in [-0.15, -0.1) is 0 Å². The van der Waals surface area contributed by atoms with E-state index in [4.69, 9.17) is 4.74 Å². The number of carbonyl (C=O) groups is 1. The van der Waals surface area contributed by atoms with Gasteiger partial charge in [0.05, 0.1) is 6.10 Å². The lowest BCUT2D eigenvalue weighted by molar-refractivity contribution is -0.129. The molecule has 0 spiro atoms. The van der Waals surface area contributed by atoms with Crippen LogP contribution < -0.4 is 5.32 Å². The molecular weight excluding hydrogens is 202 g/mol. The van der Waals surface area contributed by atoms with E-state index >= 15 is 0 Å². The number of amides is 1. The largest absolute Gasteiger partial charge is 0.369 e. The van der Waals surface area contributed by atoms with Gasteiger partial charge in [-0.2, -0.15) is 0 Å². The van der Waals surface area contributed by atoms with E-state index in [9.17, 15) is 4.79 Å². The second-order valence-corrected chi connectivity index (χ2v) is 5.71. The van der Waals surface area contributed by atoms with E-state index in [0.29, 0.717) is 6.04 Å². The van der Waals surface area contributed by atoms with Gasteiger partial charge < -0.3 is 10.1 Å². The summed E-state index contributed by atoms with van der Waals surface area (Å²) in [5, 5.41) is 3.10. The summed E-state index contributed by atoms with van der Waals surface area (Å²) < 4.78 is 5.30.